The molecule has 0 saturated carbocycles. The first kappa shape index (κ1) is 30.0. The van der Waals surface area contributed by atoms with Crippen molar-refractivity contribution in [2.45, 2.75) is 56.3 Å². The molecule has 0 aliphatic carbocycles. The van der Waals surface area contributed by atoms with Gasteiger partial charge in [-0.3, -0.25) is 19.2 Å². The van der Waals surface area contributed by atoms with E-state index in [1.54, 1.807) is 6.26 Å². The van der Waals surface area contributed by atoms with Crippen LogP contribution in [0.1, 0.15) is 32.1 Å². The fourth-order valence-corrected chi connectivity index (χ4v) is 3.29. The van der Waals surface area contributed by atoms with Gasteiger partial charge in [-0.1, -0.05) is 6.42 Å². The minimum Gasteiger partial charge on any atom is -0.480 e. The second-order valence-corrected chi connectivity index (χ2v) is 8.40. The van der Waals surface area contributed by atoms with Gasteiger partial charge in [0.05, 0.1) is 12.5 Å². The van der Waals surface area contributed by atoms with Gasteiger partial charge in [0, 0.05) is 5.75 Å². The molecule has 10 N–H and O–H groups in total. The van der Waals surface area contributed by atoms with E-state index in [2.05, 4.69) is 28.6 Å². The summed E-state index contributed by atoms with van der Waals surface area (Å²) in [5.41, 5.74) is 16.4. The Kier molecular flexibility index (Phi) is 15.5. The summed E-state index contributed by atoms with van der Waals surface area (Å²) in [5.74, 6) is -4.01. The summed E-state index contributed by atoms with van der Waals surface area (Å²) in [5, 5.41) is 16.3. The number of hydrogen-bond acceptors (Lipinski definition) is 9. The Hall–Kier alpha value is -2.03. The number of aliphatic carboxylic acids is 1. The largest absolute Gasteiger partial charge is 0.480 e. The van der Waals surface area contributed by atoms with Crippen molar-refractivity contribution in [3.8, 4) is 0 Å². The molecule has 4 unspecified atom stereocenters. The third kappa shape index (κ3) is 12.1. The number of carbonyl (C=O) groups is 5. The van der Waals surface area contributed by atoms with Gasteiger partial charge in [0.2, 0.25) is 23.6 Å². The fourth-order valence-electron chi connectivity index (χ4n) is 2.56. The highest BCUT2D eigenvalue weighted by Gasteiger charge is 2.30. The molecule has 0 aromatic rings. The number of nitrogens with one attached hydrogen (secondary N) is 3. The zero-order chi connectivity index (χ0) is 24.7. The number of hydrogen-bond donors (Lipinski definition) is 8. The average Bonchev–Trinajstić information content (AvgIpc) is 2.73. The Morgan fingerprint density at radius 3 is 2.00 bits per heavy atom. The summed E-state index contributed by atoms with van der Waals surface area (Å²) in [6.07, 6.45) is 3.10. The molecule has 0 fully saturated rings. The van der Waals surface area contributed by atoms with Gasteiger partial charge in [0.1, 0.15) is 18.1 Å². The number of thioether (sulfide) groups is 1. The predicted molar refractivity (Wildman–Crippen MR) is 125 cm³/mol. The van der Waals surface area contributed by atoms with E-state index in [4.69, 9.17) is 17.2 Å². The first-order valence-electron chi connectivity index (χ1n) is 10.0. The standard InChI is InChI=1S/C18H34N6O6S2/c1-32-7-5-11(18(29)30)22-16(27)12(8-14(21)25)23-17(28)13(9-31)24-15(26)10(20)4-2-3-6-19/h10-13,31H,2-9,19-20H2,1H3,(H2,21,25)(H,22,27)(H,23,28)(H,24,26)(H,29,30). The van der Waals surface area contributed by atoms with Crippen LogP contribution in [0.5, 0.6) is 0 Å². The minimum atomic E-state index is -1.42. The average molecular weight is 495 g/mol. The van der Waals surface area contributed by atoms with Crippen molar-refractivity contribution in [1.29, 1.82) is 0 Å². The monoisotopic (exact) mass is 494 g/mol. The van der Waals surface area contributed by atoms with Crippen molar-refractivity contribution < 1.29 is 29.1 Å². The number of primary amides is 1. The zero-order valence-corrected chi connectivity index (χ0v) is 19.8. The third-order valence-electron chi connectivity index (χ3n) is 4.39. The number of carboxylic acid groups (broad SMARTS) is 1. The molecule has 184 valence electrons. The number of nitrogens with two attached hydrogens (primary N) is 3. The Bertz CT molecular complexity index is 653. The maximum atomic E-state index is 12.6. The summed E-state index contributed by atoms with van der Waals surface area (Å²) in [4.78, 5) is 60.1. The Morgan fingerprint density at radius 1 is 0.938 bits per heavy atom. The lowest BCUT2D eigenvalue weighted by Crippen LogP contribution is -2.58. The molecular weight excluding hydrogens is 460 g/mol. The maximum absolute atomic E-state index is 12.6. The molecule has 0 rings (SSSR count). The van der Waals surface area contributed by atoms with Crippen molar-refractivity contribution in [3.63, 3.8) is 0 Å². The van der Waals surface area contributed by atoms with Gasteiger partial charge in [0.25, 0.3) is 0 Å². The number of amides is 4. The highest BCUT2D eigenvalue weighted by atomic mass is 32.2. The van der Waals surface area contributed by atoms with E-state index in [0.29, 0.717) is 31.6 Å². The maximum Gasteiger partial charge on any atom is 0.326 e. The van der Waals surface area contributed by atoms with Gasteiger partial charge >= 0.3 is 5.97 Å². The summed E-state index contributed by atoms with van der Waals surface area (Å²) >= 11 is 5.44. The molecule has 0 aliphatic rings. The number of thiol groups is 1. The van der Waals surface area contributed by atoms with E-state index in [1.807, 2.05) is 0 Å². The van der Waals surface area contributed by atoms with E-state index in [1.165, 1.54) is 11.8 Å². The van der Waals surface area contributed by atoms with Crippen LogP contribution in [-0.2, 0) is 24.0 Å². The van der Waals surface area contributed by atoms with E-state index >= 15 is 0 Å². The second-order valence-electron chi connectivity index (χ2n) is 7.05. The Morgan fingerprint density at radius 2 is 1.50 bits per heavy atom. The van der Waals surface area contributed by atoms with Crippen molar-refractivity contribution in [3.05, 3.63) is 0 Å². The van der Waals surface area contributed by atoms with Crippen molar-refractivity contribution in [1.82, 2.24) is 16.0 Å². The quantitative estimate of drug-likeness (QED) is 0.0792. The SMILES string of the molecule is CSCCC(NC(=O)C(CC(N)=O)NC(=O)C(CS)NC(=O)C(N)CCCCN)C(=O)O. The number of unbranched alkanes of at least 4 members (excludes halogenated alkanes) is 1. The van der Waals surface area contributed by atoms with Gasteiger partial charge in [-0.2, -0.15) is 24.4 Å². The zero-order valence-electron chi connectivity index (χ0n) is 18.0. The predicted octanol–water partition coefficient (Wildman–Crippen LogP) is -2.46. The summed E-state index contributed by atoms with van der Waals surface area (Å²) in [7, 11) is 0. The molecule has 0 saturated heterocycles. The van der Waals surface area contributed by atoms with Gasteiger partial charge in [0.15, 0.2) is 0 Å². The van der Waals surface area contributed by atoms with Crippen LogP contribution in [0.2, 0.25) is 0 Å². The molecule has 12 nitrogen and oxygen atoms in total. The lowest BCUT2D eigenvalue weighted by molar-refractivity contribution is -0.142. The van der Waals surface area contributed by atoms with Crippen LogP contribution in [0.15, 0.2) is 0 Å². The van der Waals surface area contributed by atoms with Crippen LogP contribution in [0.25, 0.3) is 0 Å². The smallest absolute Gasteiger partial charge is 0.326 e. The molecule has 0 aromatic heterocycles. The Balaban J connectivity index is 5.15. The lowest BCUT2D eigenvalue weighted by atomic mass is 10.1. The van der Waals surface area contributed by atoms with Gasteiger partial charge in [-0.05, 0) is 37.8 Å². The molecule has 0 aliphatic heterocycles. The normalized spacial score (nSPS) is 14.5. The molecule has 0 radical (unpaired) electrons. The molecule has 0 spiro atoms. The van der Waals surface area contributed by atoms with Crippen LogP contribution in [0, 0.1) is 0 Å². The lowest BCUT2D eigenvalue weighted by Gasteiger charge is -2.24. The van der Waals surface area contributed by atoms with E-state index in [0.717, 1.165) is 0 Å². The van der Waals surface area contributed by atoms with Crippen molar-refractivity contribution in [2.24, 2.45) is 17.2 Å². The number of carboxylic acids is 1. The minimum absolute atomic E-state index is 0.108. The summed E-state index contributed by atoms with van der Waals surface area (Å²) < 4.78 is 0. The highest BCUT2D eigenvalue weighted by Crippen LogP contribution is 2.04. The Labute approximate surface area is 196 Å². The number of carbonyl (C=O) groups excluding carboxylic acids is 4. The third-order valence-corrected chi connectivity index (χ3v) is 5.39. The molecule has 0 heterocycles. The first-order valence-corrected chi connectivity index (χ1v) is 12.1. The van der Waals surface area contributed by atoms with Gasteiger partial charge in [-0.15, -0.1) is 0 Å². The van der Waals surface area contributed by atoms with Crippen LogP contribution in [0.3, 0.4) is 0 Å². The molecule has 0 aromatic carbocycles. The second kappa shape index (κ2) is 16.6. The topological polar surface area (TPSA) is 220 Å². The molecule has 32 heavy (non-hydrogen) atoms. The van der Waals surface area contributed by atoms with Crippen LogP contribution >= 0.6 is 24.4 Å². The first-order chi connectivity index (χ1) is 15.1. The fraction of sp³-hybridized carbons (Fsp3) is 0.722. The van der Waals surface area contributed by atoms with Crippen LogP contribution in [-0.4, -0.2) is 83.2 Å². The van der Waals surface area contributed by atoms with E-state index in [9.17, 15) is 29.1 Å². The van der Waals surface area contributed by atoms with Gasteiger partial charge < -0.3 is 38.3 Å². The molecule has 14 heteroatoms. The molecular formula is C18H34N6O6S2. The summed E-state index contributed by atoms with van der Waals surface area (Å²) in [6.45, 7) is 0.472. The number of rotatable bonds is 17. The summed E-state index contributed by atoms with van der Waals surface area (Å²) in [6, 6.07) is -4.61. The highest BCUT2D eigenvalue weighted by molar-refractivity contribution is 7.98. The molecule has 4 amide bonds. The van der Waals surface area contributed by atoms with Crippen LogP contribution < -0.4 is 33.2 Å². The van der Waals surface area contributed by atoms with Crippen LogP contribution in [0.4, 0.5) is 0 Å². The van der Waals surface area contributed by atoms with E-state index in [-0.39, 0.29) is 12.2 Å². The molecule has 4 atom stereocenters. The van der Waals surface area contributed by atoms with Crippen molar-refractivity contribution in [2.75, 3.05) is 24.3 Å². The van der Waals surface area contributed by atoms with Crippen molar-refractivity contribution >= 4 is 54.0 Å². The molecule has 0 bridgehead atoms. The van der Waals surface area contributed by atoms with E-state index < -0.39 is 60.2 Å². The van der Waals surface area contributed by atoms with Gasteiger partial charge in [-0.25, -0.2) is 4.79 Å².